The fraction of sp³-hybridized carbons (Fsp3) is 0.250. The number of alkyl halides is 6. The molecule has 0 radical (unpaired) electrons. The fourth-order valence-electron chi connectivity index (χ4n) is 4.92. The number of hydrogen-bond acceptors (Lipinski definition) is 7. The molecule has 49 heavy (non-hydrogen) atoms. The Hall–Kier alpha value is -3.64. The summed E-state index contributed by atoms with van der Waals surface area (Å²) in [7, 11) is -9.46. The second kappa shape index (κ2) is 14.3. The normalized spacial score (nSPS) is 16.1. The lowest BCUT2D eigenvalue weighted by Crippen LogP contribution is -2.49. The third-order valence-electron chi connectivity index (χ3n) is 7.42. The molecule has 0 bridgehead atoms. The smallest absolute Gasteiger partial charge is 0.416 e. The van der Waals surface area contributed by atoms with Gasteiger partial charge < -0.3 is 9.47 Å². The van der Waals surface area contributed by atoms with Crippen molar-refractivity contribution < 1.29 is 56.8 Å². The van der Waals surface area contributed by atoms with E-state index in [1.165, 1.54) is 18.2 Å². The fourth-order valence-corrected chi connectivity index (χ4v) is 7.80. The molecule has 1 unspecified atom stereocenters. The Kier molecular flexibility index (Phi) is 10.7. The van der Waals surface area contributed by atoms with E-state index in [1.54, 1.807) is 30.3 Å². The van der Waals surface area contributed by atoms with Crippen LogP contribution in [-0.2, 0) is 48.0 Å². The number of sulfonamides is 1. The third kappa shape index (κ3) is 8.75. The number of halogens is 7. The highest BCUT2D eigenvalue weighted by molar-refractivity contribution is 9.10. The molecule has 4 aromatic carbocycles. The second-order valence-corrected chi connectivity index (χ2v) is 15.2. The van der Waals surface area contributed by atoms with Crippen molar-refractivity contribution in [3.05, 3.63) is 118 Å². The summed E-state index contributed by atoms with van der Waals surface area (Å²) < 4.78 is 153. The standard InChI is InChI=1S/C32H26BrF6NO7S2/c33-25-12-13-29-28(16-25)40(48(41,42)26-10-4-8-23(14-26)31(34,35)36)17-30(47-29)22(19-45-18-21-6-2-1-3-7-21)20-46-49(43,44)27-11-5-9-24(15-27)32(37,38)39/h1-16,22,30H,17-20H2/t22?,30-/m1/s1. The largest absolute Gasteiger partial charge is 0.486 e. The van der Waals surface area contributed by atoms with Crippen LogP contribution in [0, 0.1) is 5.92 Å². The van der Waals surface area contributed by atoms with Crippen LogP contribution in [0.4, 0.5) is 32.0 Å². The van der Waals surface area contributed by atoms with Crippen molar-refractivity contribution in [2.24, 2.45) is 5.92 Å². The zero-order chi connectivity index (χ0) is 35.6. The maximum atomic E-state index is 14.0. The minimum absolute atomic E-state index is 0.00351. The van der Waals surface area contributed by atoms with Gasteiger partial charge in [-0.1, -0.05) is 58.4 Å². The van der Waals surface area contributed by atoms with Crippen LogP contribution in [0.2, 0.25) is 0 Å². The quantitative estimate of drug-likeness (QED) is 0.114. The first-order valence-electron chi connectivity index (χ1n) is 14.3. The van der Waals surface area contributed by atoms with E-state index >= 15 is 0 Å². The molecule has 0 N–H and O–H groups in total. The van der Waals surface area contributed by atoms with Crippen LogP contribution in [0.3, 0.4) is 0 Å². The summed E-state index contributed by atoms with van der Waals surface area (Å²) in [6.07, 6.45) is -10.9. The highest BCUT2D eigenvalue weighted by atomic mass is 79.9. The number of anilines is 1. The van der Waals surface area contributed by atoms with E-state index in [-0.39, 0.29) is 24.7 Å². The first-order valence-corrected chi connectivity index (χ1v) is 17.9. The van der Waals surface area contributed by atoms with Gasteiger partial charge in [0.15, 0.2) is 0 Å². The van der Waals surface area contributed by atoms with Gasteiger partial charge in [0, 0.05) is 10.4 Å². The van der Waals surface area contributed by atoms with Crippen LogP contribution < -0.4 is 9.04 Å². The van der Waals surface area contributed by atoms with Gasteiger partial charge in [-0.3, -0.25) is 8.49 Å². The Bertz CT molecular complexity index is 2010. The minimum Gasteiger partial charge on any atom is -0.486 e. The number of fused-ring (bicyclic) bond motifs is 1. The highest BCUT2D eigenvalue weighted by Crippen LogP contribution is 2.41. The molecule has 1 heterocycles. The average molecular weight is 795 g/mol. The molecule has 8 nitrogen and oxygen atoms in total. The van der Waals surface area contributed by atoms with Crippen LogP contribution >= 0.6 is 15.9 Å². The molecule has 1 aliphatic heterocycles. The number of nitrogens with zero attached hydrogens (tertiary/aromatic N) is 1. The van der Waals surface area contributed by atoms with E-state index in [0.29, 0.717) is 22.7 Å². The van der Waals surface area contributed by atoms with Gasteiger partial charge in [0.2, 0.25) is 0 Å². The highest BCUT2D eigenvalue weighted by Gasteiger charge is 2.40. The Balaban J connectivity index is 1.48. The van der Waals surface area contributed by atoms with Crippen molar-refractivity contribution in [3.63, 3.8) is 0 Å². The maximum Gasteiger partial charge on any atom is 0.416 e. The van der Waals surface area contributed by atoms with E-state index in [2.05, 4.69) is 15.9 Å². The summed E-state index contributed by atoms with van der Waals surface area (Å²) in [4.78, 5) is -1.42. The Morgan fingerprint density at radius 3 is 2.02 bits per heavy atom. The van der Waals surface area contributed by atoms with E-state index < -0.39 is 78.6 Å². The van der Waals surface area contributed by atoms with Gasteiger partial charge >= 0.3 is 12.4 Å². The molecule has 4 aromatic rings. The van der Waals surface area contributed by atoms with Crippen LogP contribution in [0.1, 0.15) is 16.7 Å². The monoisotopic (exact) mass is 793 g/mol. The maximum absolute atomic E-state index is 14.0. The van der Waals surface area contributed by atoms with Gasteiger partial charge in [0.1, 0.15) is 11.9 Å². The Morgan fingerprint density at radius 1 is 0.776 bits per heavy atom. The number of hydrogen-bond donors (Lipinski definition) is 0. The predicted octanol–water partition coefficient (Wildman–Crippen LogP) is 7.68. The topological polar surface area (TPSA) is 99.2 Å². The van der Waals surface area contributed by atoms with E-state index in [9.17, 15) is 43.2 Å². The van der Waals surface area contributed by atoms with Gasteiger partial charge in [-0.2, -0.15) is 34.8 Å². The number of ether oxygens (including phenoxy) is 2. The van der Waals surface area contributed by atoms with Gasteiger partial charge in [-0.05, 0) is 60.2 Å². The lowest BCUT2D eigenvalue weighted by atomic mass is 10.0. The Labute approximate surface area is 286 Å². The average Bonchev–Trinajstić information content (AvgIpc) is 3.05. The first kappa shape index (κ1) is 36.6. The summed E-state index contributed by atoms with van der Waals surface area (Å²) in [5, 5.41) is 0. The SMILES string of the molecule is O=S(=O)(OCC(COCc1ccccc1)[C@H]1CN(S(=O)(=O)c2cccc(C(F)(F)F)c2)c2cc(Br)ccc2O1)c1cccc(C(F)(F)F)c1. The van der Waals surface area contributed by atoms with E-state index in [0.717, 1.165) is 40.2 Å². The third-order valence-corrected chi connectivity index (χ3v) is 11.0. The molecule has 17 heteroatoms. The van der Waals surface area contributed by atoms with Crippen LogP contribution in [0.15, 0.2) is 111 Å². The van der Waals surface area contributed by atoms with Crippen molar-refractivity contribution in [3.8, 4) is 5.75 Å². The summed E-state index contributed by atoms with van der Waals surface area (Å²) in [5.41, 5.74) is -1.67. The molecule has 1 aliphatic rings. The lowest BCUT2D eigenvalue weighted by molar-refractivity contribution is -0.138. The molecule has 5 rings (SSSR count). The molecule has 0 amide bonds. The Morgan fingerprint density at radius 2 is 1.39 bits per heavy atom. The molecule has 0 fully saturated rings. The molecule has 0 saturated carbocycles. The molecule has 0 spiro atoms. The summed E-state index contributed by atoms with van der Waals surface area (Å²) in [6, 6.07) is 19.3. The minimum atomic E-state index is -4.83. The van der Waals surface area contributed by atoms with Crippen LogP contribution in [0.5, 0.6) is 5.75 Å². The molecule has 2 atom stereocenters. The van der Waals surface area contributed by atoms with Gasteiger partial charge in [-0.25, -0.2) is 8.42 Å². The van der Waals surface area contributed by atoms with Crippen LogP contribution in [-0.4, -0.2) is 42.7 Å². The van der Waals surface area contributed by atoms with Gasteiger partial charge in [0.05, 0.1) is 53.0 Å². The van der Waals surface area contributed by atoms with Crippen molar-refractivity contribution >= 4 is 41.8 Å². The molecular formula is C32H26BrF6NO7S2. The van der Waals surface area contributed by atoms with E-state index in [1.807, 2.05) is 0 Å². The number of rotatable bonds is 11. The lowest BCUT2D eigenvalue weighted by Gasteiger charge is -2.38. The van der Waals surface area contributed by atoms with E-state index in [4.69, 9.17) is 13.7 Å². The molecular weight excluding hydrogens is 768 g/mol. The zero-order valence-corrected chi connectivity index (χ0v) is 28.2. The summed E-state index contributed by atoms with van der Waals surface area (Å²) in [6.45, 7) is -1.48. The van der Waals surface area contributed by atoms with Crippen molar-refractivity contribution in [1.82, 2.24) is 0 Å². The molecule has 262 valence electrons. The van der Waals surface area contributed by atoms with Crippen molar-refractivity contribution in [2.75, 3.05) is 24.1 Å². The number of benzene rings is 4. The molecule has 0 aromatic heterocycles. The first-order chi connectivity index (χ1) is 22.9. The molecule has 0 saturated heterocycles. The second-order valence-electron chi connectivity index (χ2n) is 10.9. The van der Waals surface area contributed by atoms with Crippen molar-refractivity contribution in [1.29, 1.82) is 0 Å². The van der Waals surface area contributed by atoms with Gasteiger partial charge in [0.25, 0.3) is 20.1 Å². The zero-order valence-electron chi connectivity index (χ0n) is 25.0. The van der Waals surface area contributed by atoms with Crippen molar-refractivity contribution in [2.45, 2.75) is 34.9 Å². The van der Waals surface area contributed by atoms with Crippen LogP contribution in [0.25, 0.3) is 0 Å². The summed E-state index contributed by atoms with van der Waals surface area (Å²) in [5.74, 6) is -1.07. The molecule has 0 aliphatic carbocycles. The van der Waals surface area contributed by atoms with Gasteiger partial charge in [-0.15, -0.1) is 0 Å². The predicted molar refractivity (Wildman–Crippen MR) is 169 cm³/mol. The summed E-state index contributed by atoms with van der Waals surface area (Å²) >= 11 is 3.26.